The van der Waals surface area contributed by atoms with Crippen molar-refractivity contribution in [2.45, 2.75) is 32.6 Å². The maximum absolute atomic E-state index is 2.30. The molecule has 0 aromatic heterocycles. The van der Waals surface area contributed by atoms with E-state index in [-0.39, 0.29) is 5.41 Å². The largest absolute Gasteiger partial charge is 0.0804 e. The fourth-order valence-corrected chi connectivity index (χ4v) is 2.07. The summed E-state index contributed by atoms with van der Waals surface area (Å²) in [4.78, 5) is 0. The fraction of sp³-hybridized carbons (Fsp3) is 0.333. The van der Waals surface area contributed by atoms with Crippen LogP contribution < -0.4 is 0 Å². The smallest absolute Gasteiger partial charge is 0.0111 e. The van der Waals surface area contributed by atoms with Gasteiger partial charge in [0.25, 0.3) is 0 Å². The number of rotatable bonds is 2. The predicted molar refractivity (Wildman–Crippen MR) is 66.0 cm³/mol. The van der Waals surface area contributed by atoms with Crippen LogP contribution in [0.2, 0.25) is 0 Å². The molecule has 78 valence electrons. The lowest BCUT2D eigenvalue weighted by molar-refractivity contribution is 0.613. The number of aryl methyl sites for hydroxylation is 1. The van der Waals surface area contributed by atoms with Gasteiger partial charge in [-0.05, 0) is 18.9 Å². The van der Waals surface area contributed by atoms with Gasteiger partial charge in [0.2, 0.25) is 0 Å². The lowest BCUT2D eigenvalue weighted by atomic mass is 9.77. The van der Waals surface area contributed by atoms with Gasteiger partial charge in [0.05, 0.1) is 0 Å². The molecule has 0 aliphatic heterocycles. The standard InChI is InChI=1S/C15H18/c1-12-8-10-14(11-9-12)15(2,3)13-6-4-5-7-13/h4-6,8-11H,7H2,1-3H3. The fourth-order valence-electron chi connectivity index (χ4n) is 2.07. The van der Waals surface area contributed by atoms with Crippen LogP contribution in [-0.2, 0) is 5.41 Å². The van der Waals surface area contributed by atoms with Crippen molar-refractivity contribution in [1.29, 1.82) is 0 Å². The minimum atomic E-state index is 0.164. The Morgan fingerprint density at radius 2 is 1.73 bits per heavy atom. The zero-order valence-electron chi connectivity index (χ0n) is 9.75. The van der Waals surface area contributed by atoms with Crippen molar-refractivity contribution in [2.75, 3.05) is 0 Å². The molecule has 0 unspecified atom stereocenters. The van der Waals surface area contributed by atoms with E-state index in [1.165, 1.54) is 16.7 Å². The molecule has 1 aliphatic rings. The summed E-state index contributed by atoms with van der Waals surface area (Å²) in [5.41, 5.74) is 4.40. The summed E-state index contributed by atoms with van der Waals surface area (Å²) < 4.78 is 0. The monoisotopic (exact) mass is 198 g/mol. The van der Waals surface area contributed by atoms with E-state index in [0.717, 1.165) is 6.42 Å². The van der Waals surface area contributed by atoms with Crippen molar-refractivity contribution >= 4 is 0 Å². The van der Waals surface area contributed by atoms with E-state index in [2.05, 4.69) is 63.3 Å². The Morgan fingerprint density at radius 1 is 1.07 bits per heavy atom. The van der Waals surface area contributed by atoms with Gasteiger partial charge in [0, 0.05) is 5.41 Å². The van der Waals surface area contributed by atoms with Crippen LogP contribution in [0.15, 0.2) is 48.1 Å². The highest BCUT2D eigenvalue weighted by Crippen LogP contribution is 2.35. The normalized spacial score (nSPS) is 15.5. The molecule has 0 nitrogen and oxygen atoms in total. The minimum Gasteiger partial charge on any atom is -0.0804 e. The first-order valence-corrected chi connectivity index (χ1v) is 5.54. The Balaban J connectivity index is 2.32. The van der Waals surface area contributed by atoms with Crippen LogP contribution in [0.5, 0.6) is 0 Å². The topological polar surface area (TPSA) is 0 Å². The molecular formula is C15H18. The molecule has 1 aliphatic carbocycles. The van der Waals surface area contributed by atoms with E-state index in [0.29, 0.717) is 0 Å². The molecule has 0 atom stereocenters. The second-order valence-electron chi connectivity index (χ2n) is 4.82. The third-order valence-electron chi connectivity index (χ3n) is 3.35. The number of hydrogen-bond acceptors (Lipinski definition) is 0. The lowest BCUT2D eigenvalue weighted by Crippen LogP contribution is -2.19. The Kier molecular flexibility index (Phi) is 2.52. The summed E-state index contributed by atoms with van der Waals surface area (Å²) in [5, 5.41) is 0. The van der Waals surface area contributed by atoms with Gasteiger partial charge in [-0.25, -0.2) is 0 Å². The van der Waals surface area contributed by atoms with Crippen LogP contribution in [0, 0.1) is 6.92 Å². The molecule has 2 rings (SSSR count). The molecule has 0 bridgehead atoms. The van der Waals surface area contributed by atoms with Gasteiger partial charge >= 0.3 is 0 Å². The molecular weight excluding hydrogens is 180 g/mol. The average Bonchev–Trinajstić information content (AvgIpc) is 2.71. The van der Waals surface area contributed by atoms with Crippen LogP contribution >= 0.6 is 0 Å². The zero-order chi connectivity index (χ0) is 10.9. The van der Waals surface area contributed by atoms with Crippen molar-refractivity contribution in [3.05, 3.63) is 59.2 Å². The van der Waals surface area contributed by atoms with Gasteiger partial charge < -0.3 is 0 Å². The van der Waals surface area contributed by atoms with Crippen LogP contribution in [-0.4, -0.2) is 0 Å². The summed E-state index contributed by atoms with van der Waals surface area (Å²) in [5.74, 6) is 0. The van der Waals surface area contributed by atoms with Crippen molar-refractivity contribution < 1.29 is 0 Å². The molecule has 0 heterocycles. The Morgan fingerprint density at radius 3 is 2.27 bits per heavy atom. The number of benzene rings is 1. The predicted octanol–water partition coefficient (Wildman–Crippen LogP) is 4.16. The molecule has 1 aromatic carbocycles. The molecule has 0 radical (unpaired) electrons. The van der Waals surface area contributed by atoms with Crippen molar-refractivity contribution in [3.8, 4) is 0 Å². The SMILES string of the molecule is Cc1ccc(C(C)(C)C2=CC=CC2)cc1. The van der Waals surface area contributed by atoms with Crippen molar-refractivity contribution in [1.82, 2.24) is 0 Å². The van der Waals surface area contributed by atoms with Crippen LogP contribution in [0.1, 0.15) is 31.4 Å². The highest BCUT2D eigenvalue weighted by atomic mass is 14.3. The highest BCUT2D eigenvalue weighted by molar-refractivity contribution is 5.40. The quantitative estimate of drug-likeness (QED) is 0.669. The van der Waals surface area contributed by atoms with Crippen molar-refractivity contribution in [3.63, 3.8) is 0 Å². The van der Waals surface area contributed by atoms with Crippen molar-refractivity contribution in [2.24, 2.45) is 0 Å². The van der Waals surface area contributed by atoms with Gasteiger partial charge in [-0.1, -0.05) is 67.5 Å². The van der Waals surface area contributed by atoms with Gasteiger partial charge in [-0.2, -0.15) is 0 Å². The molecule has 1 aromatic rings. The molecule has 0 N–H and O–H groups in total. The Hall–Kier alpha value is -1.30. The summed E-state index contributed by atoms with van der Waals surface area (Å²) in [6.45, 7) is 6.74. The van der Waals surface area contributed by atoms with E-state index < -0.39 is 0 Å². The summed E-state index contributed by atoms with van der Waals surface area (Å²) in [7, 11) is 0. The molecule has 0 heteroatoms. The van der Waals surface area contributed by atoms with E-state index >= 15 is 0 Å². The maximum Gasteiger partial charge on any atom is 0.0111 e. The van der Waals surface area contributed by atoms with Gasteiger partial charge in [-0.3, -0.25) is 0 Å². The molecule has 0 saturated carbocycles. The molecule has 0 fully saturated rings. The van der Waals surface area contributed by atoms with Gasteiger partial charge in [0.1, 0.15) is 0 Å². The van der Waals surface area contributed by atoms with E-state index in [1.54, 1.807) is 0 Å². The molecule has 15 heavy (non-hydrogen) atoms. The zero-order valence-corrected chi connectivity index (χ0v) is 9.75. The number of hydrogen-bond donors (Lipinski definition) is 0. The van der Waals surface area contributed by atoms with Crippen LogP contribution in [0.3, 0.4) is 0 Å². The Bertz CT molecular complexity index is 402. The van der Waals surface area contributed by atoms with E-state index in [1.807, 2.05) is 0 Å². The third-order valence-corrected chi connectivity index (χ3v) is 3.35. The second-order valence-corrected chi connectivity index (χ2v) is 4.82. The number of allylic oxidation sites excluding steroid dienone is 4. The summed E-state index contributed by atoms with van der Waals surface area (Å²) in [6.07, 6.45) is 7.73. The van der Waals surface area contributed by atoms with Gasteiger partial charge in [-0.15, -0.1) is 0 Å². The van der Waals surface area contributed by atoms with E-state index in [9.17, 15) is 0 Å². The molecule has 0 spiro atoms. The second kappa shape index (κ2) is 3.69. The van der Waals surface area contributed by atoms with Crippen LogP contribution in [0.4, 0.5) is 0 Å². The summed E-state index contributed by atoms with van der Waals surface area (Å²) in [6, 6.07) is 8.88. The highest BCUT2D eigenvalue weighted by Gasteiger charge is 2.25. The maximum atomic E-state index is 2.30. The minimum absolute atomic E-state index is 0.164. The Labute approximate surface area is 92.3 Å². The van der Waals surface area contributed by atoms with Gasteiger partial charge in [0.15, 0.2) is 0 Å². The first kappa shape index (κ1) is 10.2. The summed E-state index contributed by atoms with van der Waals surface area (Å²) >= 11 is 0. The average molecular weight is 198 g/mol. The van der Waals surface area contributed by atoms with E-state index in [4.69, 9.17) is 0 Å². The van der Waals surface area contributed by atoms with Crippen LogP contribution in [0.25, 0.3) is 0 Å². The first-order chi connectivity index (χ1) is 7.10. The molecule has 0 amide bonds. The third kappa shape index (κ3) is 1.90. The lowest BCUT2D eigenvalue weighted by Gasteiger charge is -2.27. The first-order valence-electron chi connectivity index (χ1n) is 5.54. The molecule has 0 saturated heterocycles.